The van der Waals surface area contributed by atoms with Crippen LogP contribution in [0, 0.1) is 19.7 Å². The van der Waals surface area contributed by atoms with Crippen molar-refractivity contribution in [2.24, 2.45) is 7.05 Å². The van der Waals surface area contributed by atoms with Crippen LogP contribution in [0.5, 0.6) is 0 Å². The summed E-state index contributed by atoms with van der Waals surface area (Å²) >= 11 is 0. The summed E-state index contributed by atoms with van der Waals surface area (Å²) in [4.78, 5) is 30.0. The van der Waals surface area contributed by atoms with Crippen LogP contribution < -0.4 is 5.32 Å². The standard InChI is InChI=1S/C24H33FN4O2/c1-16(19-6-8-20(25)9-7-19)26-22(30)11-10-21-17(2)28(5)18(3)23(21)24(31)29-14-12-27(4)13-15-29/h6-9,16H,10-15H2,1-5H3,(H,26,30). The van der Waals surface area contributed by atoms with E-state index in [1.807, 2.05) is 37.3 Å². The van der Waals surface area contributed by atoms with Crippen LogP contribution in [0.1, 0.15) is 52.3 Å². The van der Waals surface area contributed by atoms with Gasteiger partial charge in [0.15, 0.2) is 0 Å². The molecule has 1 aromatic heterocycles. The van der Waals surface area contributed by atoms with Gasteiger partial charge >= 0.3 is 0 Å². The van der Waals surface area contributed by atoms with Crippen molar-refractivity contribution in [3.63, 3.8) is 0 Å². The molecule has 6 nitrogen and oxygen atoms in total. The number of hydrogen-bond donors (Lipinski definition) is 1. The zero-order chi connectivity index (χ0) is 22.7. The Kier molecular flexibility index (Phi) is 7.15. The van der Waals surface area contributed by atoms with Crippen molar-refractivity contribution in [1.82, 2.24) is 19.7 Å². The van der Waals surface area contributed by atoms with Crippen LogP contribution >= 0.6 is 0 Å². The Morgan fingerprint density at radius 1 is 1.03 bits per heavy atom. The van der Waals surface area contributed by atoms with Crippen LogP contribution in [0.25, 0.3) is 0 Å². The summed E-state index contributed by atoms with van der Waals surface area (Å²) in [7, 11) is 4.03. The highest BCUT2D eigenvalue weighted by atomic mass is 19.1. The number of carbonyl (C=O) groups is 2. The number of nitrogens with one attached hydrogen (secondary N) is 1. The number of likely N-dealkylation sites (N-methyl/N-ethyl adjacent to an activating group) is 1. The summed E-state index contributed by atoms with van der Waals surface area (Å²) in [6.07, 6.45) is 0.795. The van der Waals surface area contributed by atoms with Crippen LogP contribution in [-0.4, -0.2) is 59.4 Å². The lowest BCUT2D eigenvalue weighted by molar-refractivity contribution is -0.121. The normalized spacial score (nSPS) is 15.7. The second-order valence-electron chi connectivity index (χ2n) is 8.52. The maximum Gasteiger partial charge on any atom is 0.256 e. The third-order valence-corrected chi connectivity index (χ3v) is 6.46. The summed E-state index contributed by atoms with van der Waals surface area (Å²) in [6.45, 7) is 9.03. The van der Waals surface area contributed by atoms with Crippen LogP contribution in [0.3, 0.4) is 0 Å². The van der Waals surface area contributed by atoms with E-state index in [1.54, 1.807) is 12.1 Å². The molecule has 1 saturated heterocycles. The Bertz CT molecular complexity index is 943. The number of rotatable bonds is 6. The second kappa shape index (κ2) is 9.64. The van der Waals surface area contributed by atoms with Gasteiger partial charge in [0.2, 0.25) is 5.91 Å². The van der Waals surface area contributed by atoms with E-state index in [9.17, 15) is 14.0 Å². The number of benzene rings is 1. The summed E-state index contributed by atoms with van der Waals surface area (Å²) in [5, 5.41) is 2.97. The Morgan fingerprint density at radius 2 is 1.65 bits per heavy atom. The molecule has 1 aliphatic heterocycles. The van der Waals surface area contributed by atoms with Gasteiger partial charge in [-0.2, -0.15) is 0 Å². The van der Waals surface area contributed by atoms with Crippen molar-refractivity contribution in [1.29, 1.82) is 0 Å². The first kappa shape index (κ1) is 23.0. The van der Waals surface area contributed by atoms with Gasteiger partial charge in [0.05, 0.1) is 11.6 Å². The van der Waals surface area contributed by atoms with Crippen molar-refractivity contribution in [3.8, 4) is 0 Å². The molecule has 3 rings (SSSR count). The lowest BCUT2D eigenvalue weighted by atomic mass is 10.0. The van der Waals surface area contributed by atoms with Gasteiger partial charge in [-0.3, -0.25) is 9.59 Å². The highest BCUT2D eigenvalue weighted by molar-refractivity contribution is 5.97. The zero-order valence-corrected chi connectivity index (χ0v) is 19.2. The van der Waals surface area contributed by atoms with Crippen molar-refractivity contribution in [2.45, 2.75) is 39.7 Å². The molecule has 1 fully saturated rings. The monoisotopic (exact) mass is 428 g/mol. The van der Waals surface area contributed by atoms with Gasteiger partial charge in [0, 0.05) is 51.0 Å². The fourth-order valence-electron chi connectivity index (χ4n) is 4.17. The van der Waals surface area contributed by atoms with Crippen molar-refractivity contribution in [3.05, 3.63) is 58.2 Å². The first-order valence-electron chi connectivity index (χ1n) is 10.9. The van der Waals surface area contributed by atoms with E-state index in [4.69, 9.17) is 0 Å². The van der Waals surface area contributed by atoms with E-state index in [-0.39, 0.29) is 23.7 Å². The molecule has 7 heteroatoms. The van der Waals surface area contributed by atoms with E-state index in [1.165, 1.54) is 12.1 Å². The molecule has 31 heavy (non-hydrogen) atoms. The number of carbonyl (C=O) groups excluding carboxylic acids is 2. The van der Waals surface area contributed by atoms with Crippen molar-refractivity contribution in [2.75, 3.05) is 33.2 Å². The molecule has 2 heterocycles. The zero-order valence-electron chi connectivity index (χ0n) is 19.2. The maximum absolute atomic E-state index is 13.3. The number of hydrogen-bond acceptors (Lipinski definition) is 3. The number of aromatic nitrogens is 1. The molecule has 0 spiro atoms. The highest BCUT2D eigenvalue weighted by Crippen LogP contribution is 2.25. The molecule has 2 amide bonds. The first-order valence-corrected chi connectivity index (χ1v) is 10.9. The molecule has 0 bridgehead atoms. The van der Waals surface area contributed by atoms with Gasteiger partial charge in [-0.25, -0.2) is 4.39 Å². The fraction of sp³-hybridized carbons (Fsp3) is 0.500. The lowest BCUT2D eigenvalue weighted by Crippen LogP contribution is -2.47. The molecular weight excluding hydrogens is 395 g/mol. The molecule has 0 radical (unpaired) electrons. The Balaban J connectivity index is 1.69. The van der Waals surface area contributed by atoms with Gasteiger partial charge in [0.1, 0.15) is 5.82 Å². The number of nitrogens with zero attached hydrogens (tertiary/aromatic N) is 3. The minimum Gasteiger partial charge on any atom is -0.351 e. The highest BCUT2D eigenvalue weighted by Gasteiger charge is 2.27. The van der Waals surface area contributed by atoms with E-state index in [0.29, 0.717) is 12.8 Å². The third kappa shape index (κ3) is 5.15. The minimum absolute atomic E-state index is 0.0596. The predicted octanol–water partition coefficient (Wildman–Crippen LogP) is 2.98. The molecule has 0 aliphatic carbocycles. The smallest absolute Gasteiger partial charge is 0.256 e. The molecule has 1 aromatic carbocycles. The van der Waals surface area contributed by atoms with Crippen LogP contribution in [0.2, 0.25) is 0 Å². The molecule has 1 N–H and O–H groups in total. The van der Waals surface area contributed by atoms with Gasteiger partial charge < -0.3 is 19.7 Å². The fourth-order valence-corrected chi connectivity index (χ4v) is 4.17. The maximum atomic E-state index is 13.3. The number of amides is 2. The van der Waals surface area contributed by atoms with Crippen LogP contribution in [-0.2, 0) is 18.3 Å². The predicted molar refractivity (Wildman–Crippen MR) is 120 cm³/mol. The van der Waals surface area contributed by atoms with E-state index >= 15 is 0 Å². The third-order valence-electron chi connectivity index (χ3n) is 6.46. The molecule has 1 aliphatic rings. The molecular formula is C24H33FN4O2. The van der Waals surface area contributed by atoms with Crippen LogP contribution in [0.15, 0.2) is 24.3 Å². The molecule has 0 saturated carbocycles. The lowest BCUT2D eigenvalue weighted by Gasteiger charge is -2.32. The summed E-state index contributed by atoms with van der Waals surface area (Å²) in [5.74, 6) is -0.324. The number of halogens is 1. The Hall–Kier alpha value is -2.67. The minimum atomic E-state index is -0.297. The molecule has 168 valence electrons. The topological polar surface area (TPSA) is 57.6 Å². The van der Waals surface area contributed by atoms with E-state index in [2.05, 4.69) is 17.3 Å². The van der Waals surface area contributed by atoms with E-state index < -0.39 is 0 Å². The molecule has 1 atom stereocenters. The quantitative estimate of drug-likeness (QED) is 0.770. The largest absolute Gasteiger partial charge is 0.351 e. The Morgan fingerprint density at radius 3 is 2.26 bits per heavy atom. The summed E-state index contributed by atoms with van der Waals surface area (Å²) < 4.78 is 15.2. The van der Waals surface area contributed by atoms with Gasteiger partial charge in [-0.1, -0.05) is 12.1 Å². The molecule has 1 unspecified atom stereocenters. The van der Waals surface area contributed by atoms with Gasteiger partial charge in [-0.05, 0) is 57.5 Å². The van der Waals surface area contributed by atoms with Crippen LogP contribution in [0.4, 0.5) is 4.39 Å². The van der Waals surface area contributed by atoms with Gasteiger partial charge in [0.25, 0.3) is 5.91 Å². The average Bonchev–Trinajstić information content (AvgIpc) is 2.96. The SMILES string of the molecule is Cc1c(CCC(=O)NC(C)c2ccc(F)cc2)c(C(=O)N2CCN(C)CC2)c(C)n1C. The van der Waals surface area contributed by atoms with E-state index in [0.717, 1.165) is 54.3 Å². The van der Waals surface area contributed by atoms with Gasteiger partial charge in [-0.15, -0.1) is 0 Å². The molecule has 2 aromatic rings. The number of piperazine rings is 1. The second-order valence-corrected chi connectivity index (χ2v) is 8.52. The summed E-state index contributed by atoms with van der Waals surface area (Å²) in [6, 6.07) is 5.93. The average molecular weight is 429 g/mol. The first-order chi connectivity index (χ1) is 14.7. The van der Waals surface area contributed by atoms with Crippen molar-refractivity contribution < 1.29 is 14.0 Å². The van der Waals surface area contributed by atoms with Crippen molar-refractivity contribution >= 4 is 11.8 Å². The Labute approximate surface area is 184 Å². The summed E-state index contributed by atoms with van der Waals surface area (Å²) in [5.41, 5.74) is 4.51.